The van der Waals surface area contributed by atoms with Crippen molar-refractivity contribution < 1.29 is 4.79 Å². The van der Waals surface area contributed by atoms with Crippen LogP contribution in [0.15, 0.2) is 18.2 Å². The molecular formula is C16H23ClN2O. The predicted octanol–water partition coefficient (Wildman–Crippen LogP) is 3.46. The maximum absolute atomic E-state index is 11.4. The molecule has 20 heavy (non-hydrogen) atoms. The molecule has 1 aliphatic rings. The van der Waals surface area contributed by atoms with E-state index in [2.05, 4.69) is 23.8 Å². The Morgan fingerprint density at radius 2 is 2.05 bits per heavy atom. The second kappa shape index (κ2) is 6.59. The molecule has 110 valence electrons. The summed E-state index contributed by atoms with van der Waals surface area (Å²) in [7, 11) is 2.10. The molecule has 0 aromatic heterocycles. The zero-order valence-electron chi connectivity index (χ0n) is 12.5. The highest BCUT2D eigenvalue weighted by molar-refractivity contribution is 6.33. The maximum Gasteiger partial charge on any atom is 0.159 e. The van der Waals surface area contributed by atoms with E-state index in [1.54, 1.807) is 13.0 Å². The first-order chi connectivity index (χ1) is 9.52. The van der Waals surface area contributed by atoms with E-state index < -0.39 is 0 Å². The van der Waals surface area contributed by atoms with Crippen molar-refractivity contribution in [2.75, 3.05) is 31.6 Å². The van der Waals surface area contributed by atoms with Crippen LogP contribution >= 0.6 is 11.6 Å². The highest BCUT2D eigenvalue weighted by Crippen LogP contribution is 2.30. The number of Topliss-reactive ketones (excluding diaryl/α,β-unsaturated/α-hetero) is 1. The van der Waals surface area contributed by atoms with Crippen molar-refractivity contribution in [3.05, 3.63) is 28.8 Å². The van der Waals surface area contributed by atoms with Gasteiger partial charge in [0.2, 0.25) is 0 Å². The van der Waals surface area contributed by atoms with Crippen LogP contribution in [0.1, 0.15) is 37.0 Å². The van der Waals surface area contributed by atoms with E-state index in [9.17, 15) is 4.79 Å². The number of carbonyl (C=O) groups is 1. The van der Waals surface area contributed by atoms with E-state index in [4.69, 9.17) is 11.6 Å². The fourth-order valence-electron chi connectivity index (χ4n) is 2.83. The lowest BCUT2D eigenvalue weighted by atomic mass is 10.0. The molecule has 1 saturated heterocycles. The van der Waals surface area contributed by atoms with Crippen molar-refractivity contribution in [2.45, 2.75) is 32.7 Å². The Bertz CT molecular complexity index is 481. The standard InChI is InChI=1S/C16H23ClN2O/c1-4-19-9-7-14(8-10-19)18(3)16-6-5-13(12(2)20)11-15(16)17/h5-6,11,14H,4,7-10H2,1-3H3. The topological polar surface area (TPSA) is 23.6 Å². The lowest BCUT2D eigenvalue weighted by molar-refractivity contribution is 0.101. The summed E-state index contributed by atoms with van der Waals surface area (Å²) in [6.45, 7) is 7.20. The van der Waals surface area contributed by atoms with Gasteiger partial charge in [0.25, 0.3) is 0 Å². The molecule has 0 N–H and O–H groups in total. The zero-order chi connectivity index (χ0) is 14.7. The van der Waals surface area contributed by atoms with Gasteiger partial charge in [-0.3, -0.25) is 4.79 Å². The van der Waals surface area contributed by atoms with Crippen molar-refractivity contribution in [1.29, 1.82) is 0 Å². The first-order valence-corrected chi connectivity index (χ1v) is 7.66. The Labute approximate surface area is 126 Å². The minimum atomic E-state index is 0.0531. The number of likely N-dealkylation sites (tertiary alicyclic amines) is 1. The average molecular weight is 295 g/mol. The monoisotopic (exact) mass is 294 g/mol. The molecule has 1 aromatic rings. The van der Waals surface area contributed by atoms with E-state index in [1.165, 1.54) is 0 Å². The molecule has 1 heterocycles. The van der Waals surface area contributed by atoms with E-state index in [1.807, 2.05) is 12.1 Å². The van der Waals surface area contributed by atoms with Crippen LogP contribution in [-0.4, -0.2) is 43.4 Å². The van der Waals surface area contributed by atoms with Crippen LogP contribution in [0.25, 0.3) is 0 Å². The van der Waals surface area contributed by atoms with Gasteiger partial charge in [0.1, 0.15) is 0 Å². The van der Waals surface area contributed by atoms with Gasteiger partial charge >= 0.3 is 0 Å². The summed E-state index contributed by atoms with van der Waals surface area (Å²) in [6.07, 6.45) is 2.32. The largest absolute Gasteiger partial charge is 0.370 e. The minimum absolute atomic E-state index is 0.0531. The van der Waals surface area contributed by atoms with Crippen LogP contribution in [-0.2, 0) is 0 Å². The third-order valence-electron chi connectivity index (χ3n) is 4.29. The highest BCUT2D eigenvalue weighted by Gasteiger charge is 2.23. The molecule has 1 aromatic carbocycles. The van der Waals surface area contributed by atoms with E-state index in [0.29, 0.717) is 16.6 Å². The zero-order valence-corrected chi connectivity index (χ0v) is 13.3. The summed E-state index contributed by atoms with van der Waals surface area (Å²) in [6, 6.07) is 6.13. The SMILES string of the molecule is CCN1CCC(N(C)c2ccc(C(C)=O)cc2Cl)CC1. The molecule has 0 amide bonds. The van der Waals surface area contributed by atoms with Crippen LogP contribution in [0.3, 0.4) is 0 Å². The molecule has 0 spiro atoms. The smallest absolute Gasteiger partial charge is 0.159 e. The van der Waals surface area contributed by atoms with Crippen LogP contribution in [0, 0.1) is 0 Å². The number of ketones is 1. The third kappa shape index (κ3) is 3.33. The molecule has 0 saturated carbocycles. The van der Waals surface area contributed by atoms with Crippen molar-refractivity contribution in [1.82, 2.24) is 4.90 Å². The third-order valence-corrected chi connectivity index (χ3v) is 4.59. The normalized spacial score (nSPS) is 17.2. The molecule has 1 aliphatic heterocycles. The molecular weight excluding hydrogens is 272 g/mol. The van der Waals surface area contributed by atoms with Gasteiger partial charge in [0.15, 0.2) is 5.78 Å². The van der Waals surface area contributed by atoms with E-state index in [-0.39, 0.29) is 5.78 Å². The van der Waals surface area contributed by atoms with Crippen LogP contribution < -0.4 is 4.90 Å². The number of rotatable bonds is 4. The fraction of sp³-hybridized carbons (Fsp3) is 0.562. The second-order valence-corrected chi connectivity index (χ2v) is 5.91. The van der Waals surface area contributed by atoms with Crippen molar-refractivity contribution in [3.63, 3.8) is 0 Å². The number of carbonyl (C=O) groups excluding carboxylic acids is 1. The van der Waals surface area contributed by atoms with E-state index >= 15 is 0 Å². The van der Waals surface area contributed by atoms with Gasteiger partial charge in [-0.25, -0.2) is 0 Å². The van der Waals surface area contributed by atoms with Crippen molar-refractivity contribution in [2.24, 2.45) is 0 Å². The summed E-state index contributed by atoms with van der Waals surface area (Å²) in [5, 5.41) is 0.665. The summed E-state index contributed by atoms with van der Waals surface area (Å²) in [5.41, 5.74) is 1.69. The quantitative estimate of drug-likeness (QED) is 0.795. The van der Waals surface area contributed by atoms with Gasteiger partial charge in [0.05, 0.1) is 10.7 Å². The first kappa shape index (κ1) is 15.3. The molecule has 0 aliphatic carbocycles. The van der Waals surface area contributed by atoms with E-state index in [0.717, 1.165) is 38.2 Å². The lowest BCUT2D eigenvalue weighted by Gasteiger charge is -2.37. The number of piperidine rings is 1. The van der Waals surface area contributed by atoms with Gasteiger partial charge < -0.3 is 9.80 Å². The van der Waals surface area contributed by atoms with Gasteiger partial charge in [-0.1, -0.05) is 18.5 Å². The Morgan fingerprint density at radius 1 is 1.40 bits per heavy atom. The Morgan fingerprint density at radius 3 is 2.55 bits per heavy atom. The predicted molar refractivity (Wildman–Crippen MR) is 85.0 cm³/mol. The Kier molecular flexibility index (Phi) is 5.06. The van der Waals surface area contributed by atoms with Crippen LogP contribution in [0.4, 0.5) is 5.69 Å². The van der Waals surface area contributed by atoms with Crippen molar-refractivity contribution >= 4 is 23.1 Å². The number of anilines is 1. The summed E-state index contributed by atoms with van der Waals surface area (Å²) < 4.78 is 0. The highest BCUT2D eigenvalue weighted by atomic mass is 35.5. The number of benzene rings is 1. The molecule has 4 heteroatoms. The lowest BCUT2D eigenvalue weighted by Crippen LogP contribution is -2.43. The molecule has 1 fully saturated rings. The molecule has 0 radical (unpaired) electrons. The Hall–Kier alpha value is -1.06. The Balaban J connectivity index is 2.09. The average Bonchev–Trinajstić information content (AvgIpc) is 2.46. The maximum atomic E-state index is 11.4. The molecule has 3 nitrogen and oxygen atoms in total. The summed E-state index contributed by atoms with van der Waals surface area (Å²) in [5.74, 6) is 0.0531. The molecule has 2 rings (SSSR count). The second-order valence-electron chi connectivity index (χ2n) is 5.50. The number of hydrogen-bond acceptors (Lipinski definition) is 3. The molecule has 0 atom stereocenters. The summed E-state index contributed by atoms with van der Waals surface area (Å²) in [4.78, 5) is 16.1. The van der Waals surface area contributed by atoms with Gasteiger partial charge in [-0.15, -0.1) is 0 Å². The van der Waals surface area contributed by atoms with Gasteiger partial charge in [-0.2, -0.15) is 0 Å². The van der Waals surface area contributed by atoms with Gasteiger partial charge in [-0.05, 0) is 44.5 Å². The summed E-state index contributed by atoms with van der Waals surface area (Å²) >= 11 is 6.34. The molecule has 0 bridgehead atoms. The van der Waals surface area contributed by atoms with Gasteiger partial charge in [0, 0.05) is 31.7 Å². The molecule has 0 unspecified atom stereocenters. The van der Waals surface area contributed by atoms with Crippen LogP contribution in [0.5, 0.6) is 0 Å². The number of halogens is 1. The minimum Gasteiger partial charge on any atom is -0.370 e. The number of nitrogens with zero attached hydrogens (tertiary/aromatic N) is 2. The number of hydrogen-bond donors (Lipinski definition) is 0. The van der Waals surface area contributed by atoms with Crippen molar-refractivity contribution in [3.8, 4) is 0 Å². The fourth-order valence-corrected chi connectivity index (χ4v) is 3.15. The first-order valence-electron chi connectivity index (χ1n) is 7.28. The van der Waals surface area contributed by atoms with Crippen LogP contribution in [0.2, 0.25) is 5.02 Å².